The van der Waals surface area contributed by atoms with Crippen LogP contribution in [0.4, 0.5) is 14.5 Å². The van der Waals surface area contributed by atoms with E-state index >= 15 is 0 Å². The first-order valence-electron chi connectivity index (χ1n) is 7.52. The molecule has 0 aliphatic rings. The molecule has 0 atom stereocenters. The summed E-state index contributed by atoms with van der Waals surface area (Å²) < 4.78 is 26.2. The fourth-order valence-corrected chi connectivity index (χ4v) is 2.47. The van der Waals surface area contributed by atoms with Crippen molar-refractivity contribution in [3.63, 3.8) is 0 Å². The lowest BCUT2D eigenvalue weighted by Crippen LogP contribution is -2.23. The minimum Gasteiger partial charge on any atom is -0.370 e. The first kappa shape index (κ1) is 20.3. The normalized spacial score (nSPS) is 11.1. The Bertz CT molecular complexity index is 677. The van der Waals surface area contributed by atoms with Gasteiger partial charge in [0.05, 0.1) is 0 Å². The number of aryl methyl sites for hydroxylation is 3. The maximum Gasteiger partial charge on any atom is 0.193 e. The SMILES string of the molecule is Cc1cc(C)cc(NC(N)=NCCCc2cc(F)cc(F)c2)c1.I. The van der Waals surface area contributed by atoms with E-state index in [9.17, 15) is 8.78 Å². The standard InChI is InChI=1S/C18H21F2N3.HI/c1-12-6-13(2)8-17(7-12)23-18(21)22-5-3-4-14-9-15(19)11-16(20)10-14;/h6-11H,3-5H2,1-2H3,(H3,21,22,23);1H. The number of benzene rings is 2. The highest BCUT2D eigenvalue weighted by Crippen LogP contribution is 2.13. The van der Waals surface area contributed by atoms with E-state index in [1.54, 1.807) is 0 Å². The van der Waals surface area contributed by atoms with Crippen molar-refractivity contribution < 1.29 is 8.78 Å². The summed E-state index contributed by atoms with van der Waals surface area (Å²) in [5.41, 5.74) is 9.67. The molecule has 0 fully saturated rings. The summed E-state index contributed by atoms with van der Waals surface area (Å²) in [6.45, 7) is 4.52. The van der Waals surface area contributed by atoms with Gasteiger partial charge in [-0.1, -0.05) is 6.07 Å². The molecule has 3 N–H and O–H groups in total. The topological polar surface area (TPSA) is 50.4 Å². The lowest BCUT2D eigenvalue weighted by atomic mass is 10.1. The van der Waals surface area contributed by atoms with Gasteiger partial charge in [0.15, 0.2) is 5.96 Å². The van der Waals surface area contributed by atoms with E-state index in [0.29, 0.717) is 30.9 Å². The number of guanidine groups is 1. The average Bonchev–Trinajstić information content (AvgIpc) is 2.41. The number of rotatable bonds is 5. The number of aliphatic imine (C=N–C) groups is 1. The molecule has 6 heteroatoms. The Morgan fingerprint density at radius 1 is 1.00 bits per heavy atom. The van der Waals surface area contributed by atoms with Gasteiger partial charge in [0.2, 0.25) is 0 Å². The predicted molar refractivity (Wildman–Crippen MR) is 106 cm³/mol. The van der Waals surface area contributed by atoms with Crippen molar-refractivity contribution in [1.82, 2.24) is 0 Å². The van der Waals surface area contributed by atoms with Gasteiger partial charge < -0.3 is 11.1 Å². The van der Waals surface area contributed by atoms with Crippen molar-refractivity contribution in [3.05, 3.63) is 64.7 Å². The van der Waals surface area contributed by atoms with E-state index in [1.807, 2.05) is 26.0 Å². The zero-order valence-electron chi connectivity index (χ0n) is 13.8. The number of nitrogens with two attached hydrogens (primary N) is 1. The van der Waals surface area contributed by atoms with Crippen LogP contribution in [0.25, 0.3) is 0 Å². The molecule has 0 aliphatic heterocycles. The molecule has 3 nitrogen and oxygen atoms in total. The van der Waals surface area contributed by atoms with E-state index in [0.717, 1.165) is 22.9 Å². The second-order valence-corrected chi connectivity index (χ2v) is 5.65. The lowest BCUT2D eigenvalue weighted by Gasteiger charge is -2.08. The van der Waals surface area contributed by atoms with Gasteiger partial charge in [-0.3, -0.25) is 4.99 Å². The smallest absolute Gasteiger partial charge is 0.193 e. The van der Waals surface area contributed by atoms with Gasteiger partial charge in [0.25, 0.3) is 0 Å². The van der Waals surface area contributed by atoms with E-state index in [-0.39, 0.29) is 24.0 Å². The lowest BCUT2D eigenvalue weighted by molar-refractivity contribution is 0.579. The van der Waals surface area contributed by atoms with Crippen molar-refractivity contribution in [2.24, 2.45) is 10.7 Å². The van der Waals surface area contributed by atoms with Crippen molar-refractivity contribution in [3.8, 4) is 0 Å². The first-order valence-corrected chi connectivity index (χ1v) is 7.52. The zero-order chi connectivity index (χ0) is 16.8. The highest BCUT2D eigenvalue weighted by molar-refractivity contribution is 14.0. The fourth-order valence-electron chi connectivity index (χ4n) is 2.47. The highest BCUT2D eigenvalue weighted by atomic mass is 127. The van der Waals surface area contributed by atoms with Crippen LogP contribution in [-0.2, 0) is 6.42 Å². The molecule has 2 aromatic carbocycles. The van der Waals surface area contributed by atoms with Gasteiger partial charge in [0, 0.05) is 18.3 Å². The summed E-state index contributed by atoms with van der Waals surface area (Å²) >= 11 is 0. The quantitative estimate of drug-likeness (QED) is 0.307. The Balaban J connectivity index is 0.00000288. The molecule has 0 saturated heterocycles. The van der Waals surface area contributed by atoms with Gasteiger partial charge in [-0.05, 0) is 67.6 Å². The van der Waals surface area contributed by atoms with Crippen LogP contribution in [0.2, 0.25) is 0 Å². The summed E-state index contributed by atoms with van der Waals surface area (Å²) in [5, 5.41) is 3.05. The zero-order valence-corrected chi connectivity index (χ0v) is 16.1. The predicted octanol–water partition coefficient (Wildman–Crippen LogP) is 4.56. The Hall–Kier alpha value is -1.70. The Kier molecular flexibility index (Phi) is 8.10. The van der Waals surface area contributed by atoms with Gasteiger partial charge in [0.1, 0.15) is 11.6 Å². The monoisotopic (exact) mass is 445 g/mol. The van der Waals surface area contributed by atoms with Gasteiger partial charge >= 0.3 is 0 Å². The molecule has 0 radical (unpaired) electrons. The maximum atomic E-state index is 13.1. The number of anilines is 1. The van der Waals surface area contributed by atoms with E-state index in [4.69, 9.17) is 5.73 Å². The third kappa shape index (κ3) is 6.82. The van der Waals surface area contributed by atoms with Gasteiger partial charge in [-0.2, -0.15) is 0 Å². The molecule has 0 aromatic heterocycles. The van der Waals surface area contributed by atoms with Crippen LogP contribution in [0.15, 0.2) is 41.4 Å². The summed E-state index contributed by atoms with van der Waals surface area (Å²) in [6, 6.07) is 9.60. The third-order valence-corrected chi connectivity index (χ3v) is 3.32. The average molecular weight is 445 g/mol. The third-order valence-electron chi connectivity index (χ3n) is 3.32. The molecule has 130 valence electrons. The molecular weight excluding hydrogens is 423 g/mol. The van der Waals surface area contributed by atoms with Gasteiger partial charge in [-0.15, -0.1) is 24.0 Å². The van der Waals surface area contributed by atoms with Crippen LogP contribution < -0.4 is 11.1 Å². The van der Waals surface area contributed by atoms with Crippen molar-refractivity contribution in [2.45, 2.75) is 26.7 Å². The number of nitrogens with one attached hydrogen (secondary N) is 1. The first-order chi connectivity index (χ1) is 10.9. The largest absolute Gasteiger partial charge is 0.370 e. The molecule has 0 unspecified atom stereocenters. The van der Waals surface area contributed by atoms with Crippen molar-refractivity contribution >= 4 is 35.6 Å². The Morgan fingerprint density at radius 2 is 1.58 bits per heavy atom. The molecule has 0 heterocycles. The second-order valence-electron chi connectivity index (χ2n) is 5.65. The van der Waals surface area contributed by atoms with Crippen LogP contribution in [0.3, 0.4) is 0 Å². The minimum atomic E-state index is -0.556. The summed E-state index contributed by atoms with van der Waals surface area (Å²) in [4.78, 5) is 4.23. The molecule has 24 heavy (non-hydrogen) atoms. The number of halogens is 3. The van der Waals surface area contributed by atoms with Crippen LogP contribution in [0.5, 0.6) is 0 Å². The fraction of sp³-hybridized carbons (Fsp3) is 0.278. The maximum absolute atomic E-state index is 13.1. The summed E-state index contributed by atoms with van der Waals surface area (Å²) in [5.74, 6) is -0.778. The molecule has 0 aliphatic carbocycles. The van der Waals surface area contributed by atoms with Crippen LogP contribution in [0, 0.1) is 25.5 Å². The van der Waals surface area contributed by atoms with E-state index in [2.05, 4.69) is 16.4 Å². The molecular formula is C18H22F2IN3. The van der Waals surface area contributed by atoms with Crippen LogP contribution in [0.1, 0.15) is 23.1 Å². The minimum absolute atomic E-state index is 0. The van der Waals surface area contributed by atoms with E-state index in [1.165, 1.54) is 12.1 Å². The number of nitrogens with zero attached hydrogens (tertiary/aromatic N) is 1. The molecule has 2 rings (SSSR count). The van der Waals surface area contributed by atoms with Crippen LogP contribution >= 0.6 is 24.0 Å². The highest BCUT2D eigenvalue weighted by Gasteiger charge is 2.01. The number of hydrogen-bond acceptors (Lipinski definition) is 1. The van der Waals surface area contributed by atoms with Gasteiger partial charge in [-0.25, -0.2) is 8.78 Å². The number of hydrogen-bond donors (Lipinski definition) is 2. The molecule has 0 amide bonds. The summed E-state index contributed by atoms with van der Waals surface area (Å²) in [6.07, 6.45) is 1.22. The Labute approximate surface area is 158 Å². The Morgan fingerprint density at radius 3 is 2.17 bits per heavy atom. The second kappa shape index (κ2) is 9.56. The van der Waals surface area contributed by atoms with E-state index < -0.39 is 11.6 Å². The molecule has 2 aromatic rings. The summed E-state index contributed by atoms with van der Waals surface area (Å²) in [7, 11) is 0. The molecule has 0 spiro atoms. The van der Waals surface area contributed by atoms with Crippen LogP contribution in [-0.4, -0.2) is 12.5 Å². The van der Waals surface area contributed by atoms with Crippen molar-refractivity contribution in [1.29, 1.82) is 0 Å². The molecule has 0 saturated carbocycles. The molecule has 0 bridgehead atoms. The van der Waals surface area contributed by atoms with Crippen molar-refractivity contribution in [2.75, 3.05) is 11.9 Å².